The maximum Gasteiger partial charge on any atom is 0.407 e. The van der Waals surface area contributed by atoms with Crippen molar-refractivity contribution in [2.75, 3.05) is 6.61 Å². The lowest BCUT2D eigenvalue weighted by molar-refractivity contribution is -0.144. The molecule has 2 atom stereocenters. The zero-order valence-corrected chi connectivity index (χ0v) is 16.2. The Hall–Kier alpha value is -2.86. The van der Waals surface area contributed by atoms with E-state index in [9.17, 15) is 19.8 Å². The van der Waals surface area contributed by atoms with Crippen molar-refractivity contribution in [3.8, 4) is 11.1 Å². The number of benzene rings is 2. The van der Waals surface area contributed by atoms with E-state index in [2.05, 4.69) is 5.32 Å². The molecule has 148 valence electrons. The summed E-state index contributed by atoms with van der Waals surface area (Å²) in [4.78, 5) is 23.7. The first kappa shape index (κ1) is 19.9. The largest absolute Gasteiger partial charge is 0.480 e. The van der Waals surface area contributed by atoms with Crippen LogP contribution in [0.15, 0.2) is 48.5 Å². The summed E-state index contributed by atoms with van der Waals surface area (Å²) in [5, 5.41) is 21.9. The summed E-state index contributed by atoms with van der Waals surface area (Å²) < 4.78 is 5.36. The Morgan fingerprint density at radius 3 is 2.00 bits per heavy atom. The fraction of sp³-hybridized carbons (Fsp3) is 0.364. The molecule has 0 saturated carbocycles. The first-order valence-corrected chi connectivity index (χ1v) is 9.22. The molecule has 0 saturated heterocycles. The average Bonchev–Trinajstić information content (AvgIpc) is 2.97. The van der Waals surface area contributed by atoms with Crippen molar-refractivity contribution in [1.82, 2.24) is 5.32 Å². The van der Waals surface area contributed by atoms with Crippen LogP contribution in [0.5, 0.6) is 0 Å². The van der Waals surface area contributed by atoms with E-state index in [1.54, 1.807) is 20.8 Å². The fourth-order valence-corrected chi connectivity index (χ4v) is 3.54. The number of carbonyl (C=O) groups is 2. The summed E-state index contributed by atoms with van der Waals surface area (Å²) in [6.07, 6.45) is -2.12. The van der Waals surface area contributed by atoms with Crippen LogP contribution in [0.25, 0.3) is 11.1 Å². The lowest BCUT2D eigenvalue weighted by atomic mass is 9.84. The van der Waals surface area contributed by atoms with E-state index >= 15 is 0 Å². The second kappa shape index (κ2) is 7.64. The van der Waals surface area contributed by atoms with Gasteiger partial charge in [-0.3, -0.25) is 0 Å². The molecule has 1 amide bonds. The van der Waals surface area contributed by atoms with Gasteiger partial charge in [0.25, 0.3) is 0 Å². The highest BCUT2D eigenvalue weighted by Crippen LogP contribution is 2.44. The van der Waals surface area contributed by atoms with E-state index < -0.39 is 29.6 Å². The highest BCUT2D eigenvalue weighted by atomic mass is 16.5. The third kappa shape index (κ3) is 3.87. The molecule has 3 rings (SSSR count). The van der Waals surface area contributed by atoms with Crippen LogP contribution in [0.3, 0.4) is 0 Å². The second-order valence-corrected chi connectivity index (χ2v) is 8.10. The van der Waals surface area contributed by atoms with Crippen LogP contribution in [0.2, 0.25) is 0 Å². The molecule has 1 aliphatic carbocycles. The molecule has 0 aromatic heterocycles. The summed E-state index contributed by atoms with van der Waals surface area (Å²) in [6.45, 7) is 5.19. The normalized spacial score (nSPS) is 15.3. The molecule has 0 unspecified atom stereocenters. The number of nitrogens with one attached hydrogen (secondary N) is 1. The number of fused-ring (bicyclic) bond motifs is 3. The van der Waals surface area contributed by atoms with Crippen LogP contribution in [-0.4, -0.2) is 41.0 Å². The highest BCUT2D eigenvalue weighted by molar-refractivity contribution is 5.81. The van der Waals surface area contributed by atoms with E-state index in [0.717, 1.165) is 22.3 Å². The number of alkyl carbamates (subject to hydrolysis) is 1. The van der Waals surface area contributed by atoms with Crippen molar-refractivity contribution < 1.29 is 24.5 Å². The lowest BCUT2D eigenvalue weighted by Crippen LogP contribution is -2.53. The van der Waals surface area contributed by atoms with Crippen LogP contribution < -0.4 is 5.32 Å². The van der Waals surface area contributed by atoms with Gasteiger partial charge in [0.05, 0.1) is 6.10 Å². The van der Waals surface area contributed by atoms with Crippen LogP contribution in [0, 0.1) is 5.41 Å². The van der Waals surface area contributed by atoms with E-state index in [4.69, 9.17) is 4.74 Å². The molecule has 0 fully saturated rings. The summed E-state index contributed by atoms with van der Waals surface area (Å²) >= 11 is 0. The average molecular weight is 383 g/mol. The molecule has 6 nitrogen and oxygen atoms in total. The van der Waals surface area contributed by atoms with Crippen molar-refractivity contribution in [3.63, 3.8) is 0 Å². The quantitative estimate of drug-likeness (QED) is 0.736. The number of carboxylic acid groups (broad SMARTS) is 1. The van der Waals surface area contributed by atoms with Gasteiger partial charge in [0.2, 0.25) is 0 Å². The highest BCUT2D eigenvalue weighted by Gasteiger charge is 2.37. The molecule has 1 aliphatic rings. The molecule has 2 aromatic rings. The van der Waals surface area contributed by atoms with Crippen molar-refractivity contribution in [2.24, 2.45) is 5.41 Å². The number of aliphatic carboxylic acids is 1. The number of carbonyl (C=O) groups excluding carboxylic acids is 1. The maximum absolute atomic E-state index is 12.3. The Bertz CT molecular complexity index is 841. The van der Waals surface area contributed by atoms with Gasteiger partial charge in [0.1, 0.15) is 6.61 Å². The number of aliphatic hydroxyl groups is 1. The van der Waals surface area contributed by atoms with Gasteiger partial charge < -0.3 is 20.3 Å². The van der Waals surface area contributed by atoms with Gasteiger partial charge >= 0.3 is 12.1 Å². The number of hydrogen-bond donors (Lipinski definition) is 3. The van der Waals surface area contributed by atoms with Crippen LogP contribution in [0.1, 0.15) is 37.8 Å². The monoisotopic (exact) mass is 383 g/mol. The fourth-order valence-electron chi connectivity index (χ4n) is 3.54. The molecule has 6 heteroatoms. The van der Waals surface area contributed by atoms with Crippen LogP contribution in [-0.2, 0) is 9.53 Å². The number of ether oxygens (including phenoxy) is 1. The second-order valence-electron chi connectivity index (χ2n) is 8.10. The smallest absolute Gasteiger partial charge is 0.407 e. The van der Waals surface area contributed by atoms with Gasteiger partial charge in [-0.1, -0.05) is 69.3 Å². The van der Waals surface area contributed by atoms with Crippen molar-refractivity contribution >= 4 is 12.1 Å². The molecule has 3 N–H and O–H groups in total. The molecule has 0 aliphatic heterocycles. The summed E-state index contributed by atoms with van der Waals surface area (Å²) in [6, 6.07) is 14.5. The van der Waals surface area contributed by atoms with Gasteiger partial charge in [-0.15, -0.1) is 0 Å². The molecule has 0 heterocycles. The minimum Gasteiger partial charge on any atom is -0.480 e. The van der Waals surface area contributed by atoms with Gasteiger partial charge in [-0.25, -0.2) is 9.59 Å². The molecule has 0 radical (unpaired) electrons. The Balaban J connectivity index is 1.72. The van der Waals surface area contributed by atoms with E-state index in [-0.39, 0.29) is 12.5 Å². The molecular weight excluding hydrogens is 358 g/mol. The molecule has 0 bridgehead atoms. The number of carboxylic acids is 1. The minimum atomic E-state index is -1.45. The summed E-state index contributed by atoms with van der Waals surface area (Å²) in [7, 11) is 0. The van der Waals surface area contributed by atoms with Crippen molar-refractivity contribution in [2.45, 2.75) is 38.8 Å². The first-order chi connectivity index (χ1) is 13.2. The predicted octanol–water partition coefficient (Wildman–Crippen LogP) is 3.39. The number of aliphatic hydroxyl groups excluding tert-OH is 1. The first-order valence-electron chi connectivity index (χ1n) is 9.22. The SMILES string of the molecule is CC(C)(C)[C@@H](O)[C@H](NC(=O)OCC1c2ccccc2-c2ccccc21)C(=O)O. The van der Waals surface area contributed by atoms with E-state index in [1.807, 2.05) is 48.5 Å². The predicted molar refractivity (Wildman–Crippen MR) is 105 cm³/mol. The topological polar surface area (TPSA) is 95.9 Å². The Morgan fingerprint density at radius 1 is 1.04 bits per heavy atom. The number of amides is 1. The zero-order valence-electron chi connectivity index (χ0n) is 16.2. The van der Waals surface area contributed by atoms with Gasteiger partial charge in [0.15, 0.2) is 6.04 Å². The van der Waals surface area contributed by atoms with Crippen LogP contribution >= 0.6 is 0 Å². The number of rotatable bonds is 5. The third-order valence-electron chi connectivity index (χ3n) is 5.09. The van der Waals surface area contributed by atoms with Gasteiger partial charge in [0, 0.05) is 5.92 Å². The summed E-state index contributed by atoms with van der Waals surface area (Å²) in [5.41, 5.74) is 3.65. The number of hydrogen-bond acceptors (Lipinski definition) is 4. The Labute approximate surface area is 164 Å². The van der Waals surface area contributed by atoms with Crippen molar-refractivity contribution in [3.05, 3.63) is 59.7 Å². The molecule has 0 spiro atoms. The van der Waals surface area contributed by atoms with Crippen LogP contribution in [0.4, 0.5) is 4.79 Å². The Morgan fingerprint density at radius 2 is 1.54 bits per heavy atom. The Kier molecular flexibility index (Phi) is 5.42. The molecule has 2 aromatic carbocycles. The van der Waals surface area contributed by atoms with E-state index in [1.165, 1.54) is 0 Å². The lowest BCUT2D eigenvalue weighted by Gasteiger charge is -2.30. The maximum atomic E-state index is 12.3. The summed E-state index contributed by atoms with van der Waals surface area (Å²) in [5.74, 6) is -1.43. The van der Waals surface area contributed by atoms with Gasteiger partial charge in [-0.2, -0.15) is 0 Å². The van der Waals surface area contributed by atoms with Crippen molar-refractivity contribution in [1.29, 1.82) is 0 Å². The third-order valence-corrected chi connectivity index (χ3v) is 5.09. The minimum absolute atomic E-state index is 0.0812. The van der Waals surface area contributed by atoms with Gasteiger partial charge in [-0.05, 0) is 27.7 Å². The molecular formula is C22H25NO5. The molecule has 28 heavy (non-hydrogen) atoms. The zero-order chi connectivity index (χ0) is 20.5. The van der Waals surface area contributed by atoms with E-state index in [0.29, 0.717) is 0 Å². The standard InChI is InChI=1S/C22H25NO5/c1-22(2,3)19(24)18(20(25)26)23-21(27)28-12-17-15-10-6-4-8-13(15)14-9-5-7-11-16(14)17/h4-11,17-19,24H,12H2,1-3H3,(H,23,27)(H,25,26)/t18-,19-/m0/s1.